The molecule has 2 rings (SSSR count). The van der Waals surface area contributed by atoms with Gasteiger partial charge in [-0.1, -0.05) is 6.07 Å². The summed E-state index contributed by atoms with van der Waals surface area (Å²) in [6.07, 6.45) is 1.55. The predicted octanol–water partition coefficient (Wildman–Crippen LogP) is 2.27. The Bertz CT molecular complexity index is 467. The van der Waals surface area contributed by atoms with Crippen molar-refractivity contribution in [1.82, 2.24) is 10.2 Å². The third-order valence-electron chi connectivity index (χ3n) is 1.83. The Balaban J connectivity index is 2.13. The van der Waals surface area contributed by atoms with Gasteiger partial charge in [-0.15, -0.1) is 0 Å². The number of rotatable bonds is 2. The lowest BCUT2D eigenvalue weighted by Gasteiger charge is -2.03. The van der Waals surface area contributed by atoms with Crippen molar-refractivity contribution in [2.75, 3.05) is 5.32 Å². The number of aromatic amines is 1. The summed E-state index contributed by atoms with van der Waals surface area (Å²) in [5.74, 6) is -0.186. The van der Waals surface area contributed by atoms with Crippen LogP contribution in [0.5, 0.6) is 0 Å². The van der Waals surface area contributed by atoms with Crippen molar-refractivity contribution in [3.63, 3.8) is 0 Å². The number of amides is 1. The zero-order chi connectivity index (χ0) is 10.7. The number of anilines is 1. The van der Waals surface area contributed by atoms with Gasteiger partial charge in [0, 0.05) is 15.5 Å². The predicted molar refractivity (Wildman–Crippen MR) is 65.7 cm³/mol. The smallest absolute Gasteiger partial charge is 0.273 e. The Morgan fingerprint density at radius 2 is 2.27 bits per heavy atom. The van der Waals surface area contributed by atoms with Crippen LogP contribution >= 0.6 is 22.6 Å². The molecule has 0 aliphatic carbocycles. The molecule has 1 aromatic carbocycles. The lowest BCUT2D eigenvalue weighted by atomic mass is 10.3. The summed E-state index contributed by atoms with van der Waals surface area (Å²) >= 11 is 2.19. The minimum atomic E-state index is -0.186. The molecule has 0 unspecified atom stereocenters. The van der Waals surface area contributed by atoms with Crippen LogP contribution in [0.4, 0.5) is 5.69 Å². The molecule has 2 N–H and O–H groups in total. The van der Waals surface area contributed by atoms with Crippen LogP contribution in [-0.2, 0) is 0 Å². The Labute approximate surface area is 100 Å². The number of hydrogen-bond acceptors (Lipinski definition) is 2. The number of benzene rings is 1. The average molecular weight is 313 g/mol. The summed E-state index contributed by atoms with van der Waals surface area (Å²) in [5, 5.41) is 9.09. The molecule has 15 heavy (non-hydrogen) atoms. The van der Waals surface area contributed by atoms with Crippen LogP contribution < -0.4 is 5.32 Å². The maximum Gasteiger partial charge on any atom is 0.273 e. The van der Waals surface area contributed by atoms with Crippen LogP contribution in [0.2, 0.25) is 0 Å². The number of H-pyrrole nitrogens is 1. The fourth-order valence-corrected chi connectivity index (χ4v) is 1.69. The van der Waals surface area contributed by atoms with E-state index in [2.05, 4.69) is 38.1 Å². The summed E-state index contributed by atoms with van der Waals surface area (Å²) in [5.41, 5.74) is 1.23. The van der Waals surface area contributed by atoms with Gasteiger partial charge in [-0.05, 0) is 46.9 Å². The van der Waals surface area contributed by atoms with E-state index >= 15 is 0 Å². The number of carbonyl (C=O) groups is 1. The molecule has 4 nitrogen and oxygen atoms in total. The normalized spacial score (nSPS) is 9.93. The van der Waals surface area contributed by atoms with Crippen LogP contribution in [0.3, 0.4) is 0 Å². The number of carbonyl (C=O) groups excluding carboxylic acids is 1. The van der Waals surface area contributed by atoms with Crippen LogP contribution in [-0.4, -0.2) is 16.1 Å². The van der Waals surface area contributed by atoms with E-state index in [1.807, 2.05) is 24.3 Å². The molecule has 1 aromatic heterocycles. The second-order valence-electron chi connectivity index (χ2n) is 2.93. The minimum absolute atomic E-state index is 0.186. The molecule has 0 saturated heterocycles. The molecule has 0 aliphatic heterocycles. The van der Waals surface area contributed by atoms with E-state index in [-0.39, 0.29) is 5.91 Å². The van der Waals surface area contributed by atoms with Crippen LogP contribution in [0.1, 0.15) is 10.5 Å². The van der Waals surface area contributed by atoms with Gasteiger partial charge in [0.1, 0.15) is 5.69 Å². The molecule has 1 heterocycles. The van der Waals surface area contributed by atoms with E-state index in [0.29, 0.717) is 5.69 Å². The van der Waals surface area contributed by atoms with Gasteiger partial charge in [0.25, 0.3) is 5.91 Å². The van der Waals surface area contributed by atoms with Gasteiger partial charge >= 0.3 is 0 Å². The second-order valence-corrected chi connectivity index (χ2v) is 4.18. The molecule has 0 fully saturated rings. The molecule has 0 saturated carbocycles. The first-order chi connectivity index (χ1) is 7.25. The van der Waals surface area contributed by atoms with Crippen molar-refractivity contribution in [3.05, 3.63) is 45.8 Å². The number of nitrogens with one attached hydrogen (secondary N) is 2. The van der Waals surface area contributed by atoms with Gasteiger partial charge in [-0.2, -0.15) is 5.10 Å². The Hall–Kier alpha value is -1.37. The zero-order valence-corrected chi connectivity index (χ0v) is 9.86. The van der Waals surface area contributed by atoms with Crippen molar-refractivity contribution in [2.24, 2.45) is 0 Å². The van der Waals surface area contributed by atoms with Gasteiger partial charge in [-0.25, -0.2) is 0 Å². The summed E-state index contributed by atoms with van der Waals surface area (Å²) in [6.45, 7) is 0. The summed E-state index contributed by atoms with van der Waals surface area (Å²) in [6, 6.07) is 9.23. The molecule has 5 heteroatoms. The molecule has 0 atom stereocenters. The van der Waals surface area contributed by atoms with E-state index in [1.165, 1.54) is 0 Å². The maximum absolute atomic E-state index is 11.6. The Kier molecular flexibility index (Phi) is 3.00. The highest BCUT2D eigenvalue weighted by Gasteiger charge is 2.06. The summed E-state index contributed by atoms with van der Waals surface area (Å²) < 4.78 is 1.08. The molecular formula is C10H8IN3O. The third kappa shape index (κ3) is 2.56. The fourth-order valence-electron chi connectivity index (χ4n) is 1.15. The third-order valence-corrected chi connectivity index (χ3v) is 2.50. The van der Waals surface area contributed by atoms with E-state index in [9.17, 15) is 4.79 Å². The van der Waals surface area contributed by atoms with Gasteiger partial charge in [0.15, 0.2) is 0 Å². The topological polar surface area (TPSA) is 57.8 Å². The second kappa shape index (κ2) is 4.43. The molecule has 0 radical (unpaired) electrons. The highest BCUT2D eigenvalue weighted by molar-refractivity contribution is 14.1. The molecular weight excluding hydrogens is 305 g/mol. The molecule has 2 aromatic rings. The lowest BCUT2D eigenvalue weighted by molar-refractivity contribution is 0.102. The maximum atomic E-state index is 11.6. The fraction of sp³-hybridized carbons (Fsp3) is 0. The highest BCUT2D eigenvalue weighted by Crippen LogP contribution is 2.12. The van der Waals surface area contributed by atoms with Crippen molar-refractivity contribution in [2.45, 2.75) is 0 Å². The Morgan fingerprint density at radius 3 is 2.93 bits per heavy atom. The minimum Gasteiger partial charge on any atom is -0.321 e. The average Bonchev–Trinajstić information content (AvgIpc) is 2.70. The van der Waals surface area contributed by atoms with Crippen molar-refractivity contribution in [1.29, 1.82) is 0 Å². The van der Waals surface area contributed by atoms with Gasteiger partial charge in [-0.3, -0.25) is 9.89 Å². The molecule has 0 aliphatic rings. The standard InChI is InChI=1S/C10H8IN3O/c11-7-2-1-3-8(6-7)13-10(15)9-4-5-12-14-9/h1-6H,(H,12,14)(H,13,15). The van der Waals surface area contributed by atoms with E-state index in [1.54, 1.807) is 12.3 Å². The van der Waals surface area contributed by atoms with E-state index in [0.717, 1.165) is 9.26 Å². The number of aromatic nitrogens is 2. The lowest BCUT2D eigenvalue weighted by Crippen LogP contribution is -2.12. The summed E-state index contributed by atoms with van der Waals surface area (Å²) in [7, 11) is 0. The number of halogens is 1. The molecule has 1 amide bonds. The van der Waals surface area contributed by atoms with Crippen LogP contribution in [0.15, 0.2) is 36.5 Å². The van der Waals surface area contributed by atoms with Crippen molar-refractivity contribution < 1.29 is 4.79 Å². The summed E-state index contributed by atoms with van der Waals surface area (Å²) in [4.78, 5) is 11.6. The van der Waals surface area contributed by atoms with Gasteiger partial charge < -0.3 is 5.32 Å². The highest BCUT2D eigenvalue weighted by atomic mass is 127. The first-order valence-electron chi connectivity index (χ1n) is 4.32. The number of hydrogen-bond donors (Lipinski definition) is 2. The van der Waals surface area contributed by atoms with E-state index < -0.39 is 0 Å². The van der Waals surface area contributed by atoms with Gasteiger partial charge in [0.05, 0.1) is 0 Å². The SMILES string of the molecule is O=C(Nc1cccc(I)c1)c1ccn[nH]1. The van der Waals surface area contributed by atoms with E-state index in [4.69, 9.17) is 0 Å². The van der Waals surface area contributed by atoms with Crippen LogP contribution in [0, 0.1) is 3.57 Å². The van der Waals surface area contributed by atoms with Crippen molar-refractivity contribution >= 4 is 34.2 Å². The quantitative estimate of drug-likeness (QED) is 0.836. The first kappa shape index (κ1) is 10.2. The molecule has 76 valence electrons. The molecule has 0 spiro atoms. The Morgan fingerprint density at radius 1 is 1.40 bits per heavy atom. The first-order valence-corrected chi connectivity index (χ1v) is 5.40. The monoisotopic (exact) mass is 313 g/mol. The largest absolute Gasteiger partial charge is 0.321 e. The number of nitrogens with zero attached hydrogens (tertiary/aromatic N) is 1. The molecule has 0 bridgehead atoms. The van der Waals surface area contributed by atoms with Crippen molar-refractivity contribution in [3.8, 4) is 0 Å². The zero-order valence-electron chi connectivity index (χ0n) is 7.70. The van der Waals surface area contributed by atoms with Crippen LogP contribution in [0.25, 0.3) is 0 Å². The van der Waals surface area contributed by atoms with Gasteiger partial charge in [0.2, 0.25) is 0 Å².